The predicted molar refractivity (Wildman–Crippen MR) is 136 cm³/mol. The van der Waals surface area contributed by atoms with Crippen LogP contribution < -0.4 is 10.1 Å². The highest BCUT2D eigenvalue weighted by atomic mass is 79.9. The van der Waals surface area contributed by atoms with Crippen molar-refractivity contribution in [2.24, 2.45) is 0 Å². The number of carbonyl (C=O) groups is 1. The zero-order valence-electron chi connectivity index (χ0n) is 17.1. The Balaban J connectivity index is 1.36. The summed E-state index contributed by atoms with van der Waals surface area (Å²) in [6.07, 6.45) is 1.67. The monoisotopic (exact) mass is 563 g/mol. The molecule has 0 spiro atoms. The van der Waals surface area contributed by atoms with Crippen LogP contribution in [0, 0.1) is 0 Å². The number of aromatic nitrogens is 2. The van der Waals surface area contributed by atoms with Crippen molar-refractivity contribution in [3.05, 3.63) is 109 Å². The van der Waals surface area contributed by atoms with E-state index in [2.05, 4.69) is 26.3 Å². The average molecular weight is 566 g/mol. The standard InChI is InChI=1S/C24H17BrCl3N3O2/c25-18-7-10-22(20(27)11-18)33-14-16-1-5-17(6-2-16)24(32)29-23-21(28)13-31(30-23)12-15-3-8-19(26)9-4-15/h1-11,13H,12,14H2,(H,29,30,32). The fourth-order valence-electron chi connectivity index (χ4n) is 3.03. The molecule has 1 aromatic heterocycles. The first-order valence-corrected chi connectivity index (χ1v) is 11.8. The van der Waals surface area contributed by atoms with Crippen LogP contribution in [-0.2, 0) is 13.2 Å². The van der Waals surface area contributed by atoms with Gasteiger partial charge in [-0.1, -0.05) is 75.0 Å². The molecule has 0 aliphatic carbocycles. The van der Waals surface area contributed by atoms with Crippen molar-refractivity contribution in [1.82, 2.24) is 9.78 Å². The zero-order chi connectivity index (χ0) is 23.4. The van der Waals surface area contributed by atoms with E-state index in [4.69, 9.17) is 39.5 Å². The predicted octanol–water partition coefficient (Wildman–Crippen LogP) is 7.49. The summed E-state index contributed by atoms with van der Waals surface area (Å²) < 4.78 is 8.30. The van der Waals surface area contributed by atoms with Gasteiger partial charge in [-0.3, -0.25) is 9.48 Å². The summed E-state index contributed by atoms with van der Waals surface area (Å²) in [5.74, 6) is 0.579. The molecule has 33 heavy (non-hydrogen) atoms. The number of rotatable bonds is 7. The molecule has 168 valence electrons. The van der Waals surface area contributed by atoms with Gasteiger partial charge in [0.05, 0.1) is 11.6 Å². The lowest BCUT2D eigenvalue weighted by molar-refractivity contribution is 0.102. The Morgan fingerprint density at radius 3 is 2.33 bits per heavy atom. The van der Waals surface area contributed by atoms with Crippen LogP contribution in [0.2, 0.25) is 15.1 Å². The van der Waals surface area contributed by atoms with Crippen molar-refractivity contribution in [2.75, 3.05) is 5.32 Å². The van der Waals surface area contributed by atoms with Crippen LogP contribution in [0.15, 0.2) is 77.4 Å². The second-order valence-electron chi connectivity index (χ2n) is 7.16. The molecule has 0 aliphatic rings. The first-order chi connectivity index (χ1) is 15.9. The van der Waals surface area contributed by atoms with Crippen molar-refractivity contribution in [3.8, 4) is 5.75 Å². The molecule has 1 N–H and O–H groups in total. The summed E-state index contributed by atoms with van der Waals surface area (Å²) in [7, 11) is 0. The van der Waals surface area contributed by atoms with Gasteiger partial charge in [-0.25, -0.2) is 0 Å². The highest BCUT2D eigenvalue weighted by Gasteiger charge is 2.13. The number of benzene rings is 3. The van der Waals surface area contributed by atoms with E-state index in [1.165, 1.54) is 0 Å². The normalized spacial score (nSPS) is 10.8. The molecular formula is C24H17BrCl3N3O2. The van der Waals surface area contributed by atoms with Crippen molar-refractivity contribution in [1.29, 1.82) is 0 Å². The summed E-state index contributed by atoms with van der Waals surface area (Å²) in [5.41, 5.74) is 2.39. The Kier molecular flexibility index (Phi) is 7.60. The van der Waals surface area contributed by atoms with Gasteiger partial charge < -0.3 is 10.1 Å². The average Bonchev–Trinajstić information content (AvgIpc) is 3.13. The van der Waals surface area contributed by atoms with E-state index in [1.807, 2.05) is 42.5 Å². The van der Waals surface area contributed by atoms with Crippen LogP contribution in [-0.4, -0.2) is 15.7 Å². The minimum absolute atomic E-state index is 0.299. The van der Waals surface area contributed by atoms with Gasteiger partial charge in [0.25, 0.3) is 5.91 Å². The number of hydrogen-bond donors (Lipinski definition) is 1. The SMILES string of the molecule is O=C(Nc1nn(Cc2ccc(Cl)cc2)cc1Cl)c1ccc(COc2ccc(Br)cc2Cl)cc1. The Morgan fingerprint density at radius 1 is 0.939 bits per heavy atom. The summed E-state index contributed by atoms with van der Waals surface area (Å²) in [5, 5.41) is 8.67. The first kappa shape index (κ1) is 23.6. The molecule has 0 saturated carbocycles. The van der Waals surface area contributed by atoms with Crippen LogP contribution in [0.3, 0.4) is 0 Å². The molecule has 5 nitrogen and oxygen atoms in total. The number of anilines is 1. The van der Waals surface area contributed by atoms with E-state index in [1.54, 1.807) is 35.1 Å². The second kappa shape index (κ2) is 10.6. The number of carbonyl (C=O) groups excluding carboxylic acids is 1. The third kappa shape index (κ3) is 6.30. The summed E-state index contributed by atoms with van der Waals surface area (Å²) >= 11 is 21.7. The first-order valence-electron chi connectivity index (χ1n) is 9.83. The van der Waals surface area contributed by atoms with Gasteiger partial charge in [-0.2, -0.15) is 5.10 Å². The molecule has 0 aliphatic heterocycles. The third-order valence-electron chi connectivity index (χ3n) is 4.71. The molecule has 0 unspecified atom stereocenters. The van der Waals surface area contributed by atoms with Crippen LogP contribution in [0.5, 0.6) is 5.75 Å². The number of ether oxygens (including phenoxy) is 1. The lowest BCUT2D eigenvalue weighted by Crippen LogP contribution is -2.13. The minimum atomic E-state index is -0.308. The largest absolute Gasteiger partial charge is 0.487 e. The summed E-state index contributed by atoms with van der Waals surface area (Å²) in [6, 6.07) is 19.9. The third-order valence-corrected chi connectivity index (χ3v) is 6.03. The van der Waals surface area contributed by atoms with Crippen molar-refractivity contribution in [2.45, 2.75) is 13.2 Å². The van der Waals surface area contributed by atoms with Gasteiger partial charge in [-0.15, -0.1) is 0 Å². The molecule has 0 atom stereocenters. The molecule has 3 aromatic carbocycles. The smallest absolute Gasteiger partial charge is 0.256 e. The highest BCUT2D eigenvalue weighted by Crippen LogP contribution is 2.28. The molecule has 0 bridgehead atoms. The van der Waals surface area contributed by atoms with E-state index >= 15 is 0 Å². The van der Waals surface area contributed by atoms with Gasteiger partial charge in [0.2, 0.25) is 0 Å². The van der Waals surface area contributed by atoms with E-state index in [-0.39, 0.29) is 5.91 Å². The fraction of sp³-hybridized carbons (Fsp3) is 0.0833. The van der Waals surface area contributed by atoms with E-state index in [0.717, 1.165) is 15.6 Å². The van der Waals surface area contributed by atoms with E-state index in [0.29, 0.717) is 45.4 Å². The number of hydrogen-bond acceptors (Lipinski definition) is 3. The quantitative estimate of drug-likeness (QED) is 0.253. The number of halogens is 4. The molecular weight excluding hydrogens is 549 g/mol. The van der Waals surface area contributed by atoms with Crippen LogP contribution in [0.25, 0.3) is 0 Å². The van der Waals surface area contributed by atoms with Gasteiger partial charge in [0.15, 0.2) is 5.82 Å². The second-order valence-corrected chi connectivity index (χ2v) is 9.33. The van der Waals surface area contributed by atoms with Gasteiger partial charge in [-0.05, 0) is 53.6 Å². The van der Waals surface area contributed by atoms with E-state index in [9.17, 15) is 4.79 Å². The molecule has 1 heterocycles. The van der Waals surface area contributed by atoms with Gasteiger partial charge >= 0.3 is 0 Å². The minimum Gasteiger partial charge on any atom is -0.487 e. The van der Waals surface area contributed by atoms with Crippen molar-refractivity contribution in [3.63, 3.8) is 0 Å². The molecule has 0 radical (unpaired) electrons. The maximum atomic E-state index is 12.7. The number of nitrogens with zero attached hydrogens (tertiary/aromatic N) is 2. The maximum absolute atomic E-state index is 12.7. The topological polar surface area (TPSA) is 56.2 Å². The molecule has 4 rings (SSSR count). The maximum Gasteiger partial charge on any atom is 0.256 e. The van der Waals surface area contributed by atoms with Crippen LogP contribution in [0.4, 0.5) is 5.82 Å². The van der Waals surface area contributed by atoms with Crippen molar-refractivity contribution < 1.29 is 9.53 Å². The lowest BCUT2D eigenvalue weighted by atomic mass is 10.1. The fourth-order valence-corrected chi connectivity index (χ4v) is 4.08. The van der Waals surface area contributed by atoms with Gasteiger partial charge in [0.1, 0.15) is 17.4 Å². The Morgan fingerprint density at radius 2 is 1.64 bits per heavy atom. The van der Waals surface area contributed by atoms with Crippen LogP contribution >= 0.6 is 50.7 Å². The Bertz CT molecular complexity index is 1280. The number of amides is 1. The molecule has 0 fully saturated rings. The molecule has 1 amide bonds. The molecule has 0 saturated heterocycles. The van der Waals surface area contributed by atoms with Crippen molar-refractivity contribution >= 4 is 62.5 Å². The summed E-state index contributed by atoms with van der Waals surface area (Å²) in [4.78, 5) is 12.7. The summed E-state index contributed by atoms with van der Waals surface area (Å²) in [6.45, 7) is 0.827. The molecule has 9 heteroatoms. The Hall–Kier alpha value is -2.51. The van der Waals surface area contributed by atoms with Crippen LogP contribution in [0.1, 0.15) is 21.5 Å². The zero-order valence-corrected chi connectivity index (χ0v) is 20.9. The highest BCUT2D eigenvalue weighted by molar-refractivity contribution is 9.10. The lowest BCUT2D eigenvalue weighted by Gasteiger charge is -2.09. The Labute approximate surface area is 214 Å². The number of nitrogens with one attached hydrogen (secondary N) is 1. The van der Waals surface area contributed by atoms with Gasteiger partial charge in [0, 0.05) is 21.3 Å². The van der Waals surface area contributed by atoms with E-state index < -0.39 is 0 Å². The molecule has 4 aromatic rings.